The number of thiophene rings is 1. The summed E-state index contributed by atoms with van der Waals surface area (Å²) in [5, 5.41) is 3.58. The van der Waals surface area contributed by atoms with Crippen molar-refractivity contribution in [3.63, 3.8) is 0 Å². The van der Waals surface area contributed by atoms with Gasteiger partial charge < -0.3 is 5.32 Å². The van der Waals surface area contributed by atoms with E-state index in [0.717, 1.165) is 13.0 Å². The van der Waals surface area contributed by atoms with Gasteiger partial charge in [-0.25, -0.2) is 0 Å². The van der Waals surface area contributed by atoms with Gasteiger partial charge in [0.25, 0.3) is 0 Å². The molecule has 0 fully saturated rings. The van der Waals surface area contributed by atoms with Crippen LogP contribution in [0.1, 0.15) is 29.0 Å². The Morgan fingerprint density at radius 2 is 2.00 bits per heavy atom. The van der Waals surface area contributed by atoms with Gasteiger partial charge in [0.15, 0.2) is 0 Å². The largest absolute Gasteiger partial charge is 0.309 e. The lowest BCUT2D eigenvalue weighted by molar-refractivity contribution is 0.557. The molecule has 2 aromatic rings. The van der Waals surface area contributed by atoms with Crippen LogP contribution in [0.15, 0.2) is 40.2 Å². The lowest BCUT2D eigenvalue weighted by Gasteiger charge is -2.17. The number of halogens is 1. The van der Waals surface area contributed by atoms with Crippen LogP contribution in [0.3, 0.4) is 0 Å². The fraction of sp³-hybridized carbons (Fsp3) is 0.333. The Kier molecular flexibility index (Phi) is 4.98. The SMILES string of the molecule is CCNC(Cc1ccccc1C)c1ccc(Br)s1. The molecule has 96 valence electrons. The van der Waals surface area contributed by atoms with Gasteiger partial charge in [0.2, 0.25) is 0 Å². The third-order valence-corrected chi connectivity index (χ3v) is 4.81. The number of rotatable bonds is 5. The molecule has 1 unspecified atom stereocenters. The van der Waals surface area contributed by atoms with E-state index in [0.29, 0.717) is 6.04 Å². The zero-order valence-corrected chi connectivity index (χ0v) is 13.1. The number of hydrogen-bond donors (Lipinski definition) is 1. The Bertz CT molecular complexity index is 507. The highest BCUT2D eigenvalue weighted by Crippen LogP contribution is 2.29. The van der Waals surface area contributed by atoms with Gasteiger partial charge in [-0.05, 0) is 59.1 Å². The summed E-state index contributed by atoms with van der Waals surface area (Å²) in [6.07, 6.45) is 1.05. The Balaban J connectivity index is 2.19. The maximum absolute atomic E-state index is 3.58. The van der Waals surface area contributed by atoms with E-state index in [1.807, 2.05) is 11.3 Å². The third kappa shape index (κ3) is 3.44. The van der Waals surface area contributed by atoms with Crippen molar-refractivity contribution < 1.29 is 0 Å². The minimum absolute atomic E-state index is 0.410. The first-order valence-corrected chi connectivity index (χ1v) is 7.84. The Hall–Kier alpha value is -0.640. The molecule has 1 aromatic carbocycles. The predicted octanol–water partition coefficient (Wildman–Crippen LogP) is 4.71. The van der Waals surface area contributed by atoms with Crippen LogP contribution in [0.4, 0.5) is 0 Å². The summed E-state index contributed by atoms with van der Waals surface area (Å²) in [6.45, 7) is 5.34. The quantitative estimate of drug-likeness (QED) is 0.840. The lowest BCUT2D eigenvalue weighted by Crippen LogP contribution is -2.22. The van der Waals surface area contributed by atoms with Gasteiger partial charge in [0, 0.05) is 10.9 Å². The molecule has 0 aliphatic rings. The molecule has 1 nitrogen and oxygen atoms in total. The summed E-state index contributed by atoms with van der Waals surface area (Å²) in [5.41, 5.74) is 2.80. The van der Waals surface area contributed by atoms with Crippen LogP contribution in [-0.2, 0) is 6.42 Å². The van der Waals surface area contributed by atoms with E-state index in [-0.39, 0.29) is 0 Å². The molecule has 1 heterocycles. The topological polar surface area (TPSA) is 12.0 Å². The monoisotopic (exact) mass is 323 g/mol. The summed E-state index contributed by atoms with van der Waals surface area (Å²) in [6, 6.07) is 13.4. The molecule has 1 N–H and O–H groups in total. The van der Waals surface area contributed by atoms with E-state index >= 15 is 0 Å². The zero-order chi connectivity index (χ0) is 13.0. The molecule has 1 atom stereocenters. The first-order valence-electron chi connectivity index (χ1n) is 6.24. The number of aryl methyl sites for hydroxylation is 1. The number of likely N-dealkylation sites (N-methyl/N-ethyl adjacent to an activating group) is 1. The van der Waals surface area contributed by atoms with Crippen molar-refractivity contribution in [2.75, 3.05) is 6.54 Å². The molecule has 3 heteroatoms. The van der Waals surface area contributed by atoms with Crippen LogP contribution in [0.25, 0.3) is 0 Å². The molecule has 0 spiro atoms. The first-order chi connectivity index (χ1) is 8.70. The number of benzene rings is 1. The van der Waals surface area contributed by atoms with E-state index in [4.69, 9.17) is 0 Å². The van der Waals surface area contributed by atoms with Crippen molar-refractivity contribution in [1.82, 2.24) is 5.32 Å². The van der Waals surface area contributed by atoms with Crippen molar-refractivity contribution in [3.05, 3.63) is 56.2 Å². The highest BCUT2D eigenvalue weighted by molar-refractivity contribution is 9.11. The van der Waals surface area contributed by atoms with E-state index in [1.54, 1.807) is 0 Å². The van der Waals surface area contributed by atoms with Crippen molar-refractivity contribution in [2.24, 2.45) is 0 Å². The highest BCUT2D eigenvalue weighted by atomic mass is 79.9. The Morgan fingerprint density at radius 3 is 2.61 bits per heavy atom. The molecule has 18 heavy (non-hydrogen) atoms. The van der Waals surface area contributed by atoms with Crippen LogP contribution >= 0.6 is 27.3 Å². The van der Waals surface area contributed by atoms with Crippen molar-refractivity contribution in [2.45, 2.75) is 26.3 Å². The zero-order valence-electron chi connectivity index (χ0n) is 10.7. The summed E-state index contributed by atoms with van der Waals surface area (Å²) in [5.74, 6) is 0. The second-order valence-corrected chi connectivity index (χ2v) is 6.88. The molecule has 0 amide bonds. The van der Waals surface area contributed by atoms with Gasteiger partial charge in [0.1, 0.15) is 0 Å². The number of hydrogen-bond acceptors (Lipinski definition) is 2. The average molecular weight is 324 g/mol. The molecule has 1 aromatic heterocycles. The maximum Gasteiger partial charge on any atom is 0.0701 e. The van der Waals surface area contributed by atoms with Gasteiger partial charge in [-0.3, -0.25) is 0 Å². The van der Waals surface area contributed by atoms with Crippen molar-refractivity contribution in [1.29, 1.82) is 0 Å². The summed E-state index contributed by atoms with van der Waals surface area (Å²) < 4.78 is 1.20. The number of nitrogens with one attached hydrogen (secondary N) is 1. The van der Waals surface area contributed by atoms with Crippen LogP contribution < -0.4 is 5.32 Å². The Morgan fingerprint density at radius 1 is 1.22 bits per heavy atom. The molecular weight excluding hydrogens is 306 g/mol. The van der Waals surface area contributed by atoms with Gasteiger partial charge in [0.05, 0.1) is 3.79 Å². The normalized spacial score (nSPS) is 12.6. The lowest BCUT2D eigenvalue weighted by atomic mass is 10.0. The summed E-state index contributed by atoms with van der Waals surface area (Å²) in [7, 11) is 0. The maximum atomic E-state index is 3.58. The van der Waals surface area contributed by atoms with Crippen LogP contribution in [0.5, 0.6) is 0 Å². The Labute approximate surface area is 121 Å². The molecule has 2 rings (SSSR count). The summed E-state index contributed by atoms with van der Waals surface area (Å²) >= 11 is 5.36. The molecule has 0 saturated carbocycles. The molecule has 0 aliphatic heterocycles. The predicted molar refractivity (Wildman–Crippen MR) is 83.3 cm³/mol. The van der Waals surface area contributed by atoms with E-state index < -0.39 is 0 Å². The molecule has 0 bridgehead atoms. The van der Waals surface area contributed by atoms with Crippen LogP contribution in [0, 0.1) is 6.92 Å². The van der Waals surface area contributed by atoms with Crippen LogP contribution in [0.2, 0.25) is 0 Å². The van der Waals surface area contributed by atoms with Gasteiger partial charge in [-0.1, -0.05) is 31.2 Å². The van der Waals surface area contributed by atoms with Crippen molar-refractivity contribution >= 4 is 27.3 Å². The highest BCUT2D eigenvalue weighted by Gasteiger charge is 2.14. The third-order valence-electron chi connectivity index (χ3n) is 3.07. The second-order valence-electron chi connectivity index (χ2n) is 4.38. The molecular formula is C15H18BrNS. The van der Waals surface area contributed by atoms with E-state index in [1.165, 1.54) is 19.8 Å². The van der Waals surface area contributed by atoms with Gasteiger partial charge >= 0.3 is 0 Å². The standard InChI is InChI=1S/C15H18BrNS/c1-3-17-13(14-8-9-15(16)18-14)10-12-7-5-4-6-11(12)2/h4-9,13,17H,3,10H2,1-2H3. The fourth-order valence-electron chi connectivity index (χ4n) is 2.09. The fourth-order valence-corrected chi connectivity index (χ4v) is 3.59. The molecule has 0 saturated heterocycles. The van der Waals surface area contributed by atoms with E-state index in [2.05, 4.69) is 71.5 Å². The minimum atomic E-state index is 0.410. The average Bonchev–Trinajstić information content (AvgIpc) is 2.78. The minimum Gasteiger partial charge on any atom is -0.309 e. The molecule has 0 aliphatic carbocycles. The first kappa shape index (κ1) is 13.8. The van der Waals surface area contributed by atoms with Crippen molar-refractivity contribution in [3.8, 4) is 0 Å². The molecule has 0 radical (unpaired) electrons. The van der Waals surface area contributed by atoms with Crippen LogP contribution in [-0.4, -0.2) is 6.54 Å². The summed E-state index contributed by atoms with van der Waals surface area (Å²) in [4.78, 5) is 1.40. The second kappa shape index (κ2) is 6.50. The van der Waals surface area contributed by atoms with Gasteiger partial charge in [-0.2, -0.15) is 0 Å². The van der Waals surface area contributed by atoms with Gasteiger partial charge in [-0.15, -0.1) is 11.3 Å². The van der Waals surface area contributed by atoms with E-state index in [9.17, 15) is 0 Å². The smallest absolute Gasteiger partial charge is 0.0701 e.